The average molecular weight is 405 g/mol. The number of para-hydroxylation sites is 1. The maximum atomic E-state index is 14.0. The van der Waals surface area contributed by atoms with Crippen LogP contribution in [0.2, 0.25) is 5.02 Å². The van der Waals surface area contributed by atoms with Crippen molar-refractivity contribution in [3.05, 3.63) is 58.2 Å². The molecule has 4 rings (SSSR count). The van der Waals surface area contributed by atoms with E-state index in [-0.39, 0.29) is 11.7 Å². The number of carbonyl (C=O) groups excluding carboxylic acids is 1. The first-order valence-corrected chi connectivity index (χ1v) is 9.82. The van der Waals surface area contributed by atoms with Gasteiger partial charge in [-0.15, -0.1) is 11.3 Å². The van der Waals surface area contributed by atoms with E-state index in [4.69, 9.17) is 16.3 Å². The molecule has 0 spiro atoms. The lowest BCUT2D eigenvalue weighted by Gasteiger charge is -2.36. The molecule has 1 fully saturated rings. The van der Waals surface area contributed by atoms with Crippen LogP contribution < -0.4 is 9.64 Å². The Morgan fingerprint density at radius 3 is 2.59 bits per heavy atom. The predicted molar refractivity (Wildman–Crippen MR) is 108 cm³/mol. The van der Waals surface area contributed by atoms with E-state index in [2.05, 4.69) is 0 Å². The standard InChI is InChI=1S/C20H18ClFN2O2S/c1-26-13-6-7-17-14(12-13)18(21)19(27-17)20(25)24-10-8-23(9-11-24)16-5-3-2-4-15(16)22/h2-7,12H,8-11H2,1H3. The molecule has 2 aromatic carbocycles. The van der Waals surface area contributed by atoms with Crippen molar-refractivity contribution in [1.29, 1.82) is 0 Å². The Balaban J connectivity index is 1.52. The van der Waals surface area contributed by atoms with Gasteiger partial charge in [0.1, 0.15) is 16.4 Å². The number of amides is 1. The molecule has 1 aliphatic heterocycles. The normalized spacial score (nSPS) is 14.6. The van der Waals surface area contributed by atoms with Crippen LogP contribution in [0, 0.1) is 5.82 Å². The van der Waals surface area contributed by atoms with Crippen LogP contribution >= 0.6 is 22.9 Å². The molecular weight excluding hydrogens is 387 g/mol. The fourth-order valence-corrected chi connectivity index (χ4v) is 4.77. The Bertz CT molecular complexity index is 999. The number of hydrogen-bond acceptors (Lipinski definition) is 4. The summed E-state index contributed by atoms with van der Waals surface area (Å²) in [6.45, 7) is 2.23. The molecule has 0 N–H and O–H groups in total. The van der Waals surface area contributed by atoms with Gasteiger partial charge in [-0.3, -0.25) is 4.79 Å². The molecule has 27 heavy (non-hydrogen) atoms. The minimum atomic E-state index is -0.237. The Labute approximate surface area is 165 Å². The summed E-state index contributed by atoms with van der Waals surface area (Å²) in [5.74, 6) is 0.395. The van der Waals surface area contributed by atoms with E-state index < -0.39 is 0 Å². The van der Waals surface area contributed by atoms with Crippen molar-refractivity contribution in [3.8, 4) is 5.75 Å². The molecule has 0 unspecified atom stereocenters. The Morgan fingerprint density at radius 2 is 1.89 bits per heavy atom. The second-order valence-corrected chi connectivity index (χ2v) is 7.77. The summed E-state index contributed by atoms with van der Waals surface area (Å²) in [6, 6.07) is 12.3. The summed E-state index contributed by atoms with van der Waals surface area (Å²) in [7, 11) is 1.60. The van der Waals surface area contributed by atoms with Gasteiger partial charge in [-0.05, 0) is 30.3 Å². The van der Waals surface area contributed by atoms with Gasteiger partial charge in [0.15, 0.2) is 0 Å². The topological polar surface area (TPSA) is 32.8 Å². The first kappa shape index (κ1) is 18.1. The third-order valence-corrected chi connectivity index (χ3v) is 6.45. The molecule has 0 radical (unpaired) electrons. The molecule has 0 saturated carbocycles. The molecule has 1 amide bonds. The number of anilines is 1. The Hall–Kier alpha value is -2.31. The number of piperazine rings is 1. The lowest BCUT2D eigenvalue weighted by Crippen LogP contribution is -2.48. The molecule has 140 valence electrons. The van der Waals surface area contributed by atoms with Gasteiger partial charge < -0.3 is 14.5 Å². The highest BCUT2D eigenvalue weighted by Crippen LogP contribution is 2.38. The molecule has 3 aromatic rings. The number of benzene rings is 2. The zero-order valence-electron chi connectivity index (χ0n) is 14.7. The summed E-state index contributed by atoms with van der Waals surface area (Å²) in [5, 5.41) is 1.30. The summed E-state index contributed by atoms with van der Waals surface area (Å²) in [5.41, 5.74) is 0.580. The van der Waals surface area contributed by atoms with Gasteiger partial charge in [0.05, 0.1) is 17.8 Å². The molecule has 0 bridgehead atoms. The van der Waals surface area contributed by atoms with E-state index in [9.17, 15) is 9.18 Å². The Kier molecular flexibility index (Phi) is 4.93. The van der Waals surface area contributed by atoms with Crippen molar-refractivity contribution >= 4 is 44.6 Å². The van der Waals surface area contributed by atoms with Gasteiger partial charge in [-0.25, -0.2) is 4.39 Å². The maximum absolute atomic E-state index is 14.0. The number of fused-ring (bicyclic) bond motifs is 1. The minimum absolute atomic E-state index is 0.0756. The molecule has 0 aliphatic carbocycles. The molecule has 7 heteroatoms. The number of hydrogen-bond donors (Lipinski definition) is 0. The van der Waals surface area contributed by atoms with Gasteiger partial charge in [0.2, 0.25) is 0 Å². The van der Waals surface area contributed by atoms with Gasteiger partial charge >= 0.3 is 0 Å². The molecule has 0 atom stereocenters. The lowest BCUT2D eigenvalue weighted by atomic mass is 10.2. The molecule has 1 saturated heterocycles. The highest BCUT2D eigenvalue weighted by Gasteiger charge is 2.27. The predicted octanol–water partition coefficient (Wildman–Crippen LogP) is 4.66. The summed E-state index contributed by atoms with van der Waals surface area (Å²) >= 11 is 7.89. The fourth-order valence-electron chi connectivity index (χ4n) is 3.31. The van der Waals surface area contributed by atoms with Gasteiger partial charge in [0.25, 0.3) is 5.91 Å². The number of nitrogens with zero attached hydrogens (tertiary/aromatic N) is 2. The van der Waals surface area contributed by atoms with Crippen molar-refractivity contribution in [2.24, 2.45) is 0 Å². The smallest absolute Gasteiger partial charge is 0.265 e. The number of rotatable bonds is 3. The number of thiophene rings is 1. The summed E-state index contributed by atoms with van der Waals surface area (Å²) < 4.78 is 20.2. The highest BCUT2D eigenvalue weighted by atomic mass is 35.5. The molecule has 1 aromatic heterocycles. The highest BCUT2D eigenvalue weighted by molar-refractivity contribution is 7.21. The van der Waals surface area contributed by atoms with E-state index >= 15 is 0 Å². The second kappa shape index (κ2) is 7.37. The first-order chi connectivity index (χ1) is 13.1. The fraction of sp³-hybridized carbons (Fsp3) is 0.250. The van der Waals surface area contributed by atoms with Crippen molar-refractivity contribution in [2.75, 3.05) is 38.2 Å². The van der Waals surface area contributed by atoms with Crippen LogP contribution in [0.5, 0.6) is 5.75 Å². The zero-order chi connectivity index (χ0) is 19.0. The minimum Gasteiger partial charge on any atom is -0.497 e. The van der Waals surface area contributed by atoms with Crippen LogP contribution in [0.15, 0.2) is 42.5 Å². The first-order valence-electron chi connectivity index (χ1n) is 8.63. The third kappa shape index (κ3) is 3.35. The molecule has 1 aliphatic rings. The SMILES string of the molecule is COc1ccc2sc(C(=O)N3CCN(c4ccccc4F)CC3)c(Cl)c2c1. The largest absolute Gasteiger partial charge is 0.497 e. The van der Waals surface area contributed by atoms with Crippen LogP contribution in [0.1, 0.15) is 9.67 Å². The van der Waals surface area contributed by atoms with Gasteiger partial charge in [-0.1, -0.05) is 23.7 Å². The number of carbonyl (C=O) groups is 1. The van der Waals surface area contributed by atoms with Crippen molar-refractivity contribution < 1.29 is 13.9 Å². The number of halogens is 2. The Morgan fingerprint density at radius 1 is 1.15 bits per heavy atom. The van der Waals surface area contributed by atoms with Crippen molar-refractivity contribution in [3.63, 3.8) is 0 Å². The maximum Gasteiger partial charge on any atom is 0.265 e. The van der Waals surface area contributed by atoms with E-state index in [1.807, 2.05) is 29.2 Å². The summed E-state index contributed by atoms with van der Waals surface area (Å²) in [6.07, 6.45) is 0. The number of methoxy groups -OCH3 is 1. The average Bonchev–Trinajstić information content (AvgIpc) is 3.04. The van der Waals surface area contributed by atoms with Crippen molar-refractivity contribution in [1.82, 2.24) is 4.90 Å². The zero-order valence-corrected chi connectivity index (χ0v) is 16.3. The van der Waals surface area contributed by atoms with Gasteiger partial charge in [-0.2, -0.15) is 0 Å². The van der Waals surface area contributed by atoms with Gasteiger partial charge in [0, 0.05) is 36.3 Å². The van der Waals surface area contributed by atoms with Crippen LogP contribution in [0.4, 0.5) is 10.1 Å². The van der Waals surface area contributed by atoms with E-state index in [0.29, 0.717) is 47.5 Å². The quantitative estimate of drug-likeness (QED) is 0.636. The van der Waals surface area contributed by atoms with E-state index in [1.165, 1.54) is 17.4 Å². The molecule has 2 heterocycles. The van der Waals surface area contributed by atoms with Crippen molar-refractivity contribution in [2.45, 2.75) is 0 Å². The van der Waals surface area contributed by atoms with E-state index in [0.717, 1.165) is 10.1 Å². The molecular formula is C20H18ClFN2O2S. The lowest BCUT2D eigenvalue weighted by molar-refractivity contribution is 0.0752. The molecule has 4 nitrogen and oxygen atoms in total. The second-order valence-electron chi connectivity index (χ2n) is 6.34. The summed E-state index contributed by atoms with van der Waals surface area (Å²) in [4.78, 5) is 17.3. The van der Waals surface area contributed by atoms with Crippen LogP contribution in [0.3, 0.4) is 0 Å². The number of ether oxygens (including phenoxy) is 1. The van der Waals surface area contributed by atoms with E-state index in [1.54, 1.807) is 24.1 Å². The van der Waals surface area contributed by atoms with Crippen LogP contribution in [-0.4, -0.2) is 44.1 Å². The van der Waals surface area contributed by atoms with Crippen LogP contribution in [0.25, 0.3) is 10.1 Å². The monoisotopic (exact) mass is 404 g/mol. The van der Waals surface area contributed by atoms with Crippen LogP contribution in [-0.2, 0) is 0 Å². The third-order valence-electron chi connectivity index (χ3n) is 4.79.